The molecule has 0 radical (unpaired) electrons. The third kappa shape index (κ3) is 3.56. The van der Waals surface area contributed by atoms with Crippen LogP contribution in [0, 0.1) is 5.82 Å². The molecular formula is C17H20FNO. The number of aromatic nitrogens is 1. The van der Waals surface area contributed by atoms with E-state index in [9.17, 15) is 9.18 Å². The van der Waals surface area contributed by atoms with Crippen LogP contribution in [0.25, 0.3) is 0 Å². The molecule has 1 aromatic carbocycles. The van der Waals surface area contributed by atoms with Crippen LogP contribution in [0.1, 0.15) is 43.7 Å². The van der Waals surface area contributed by atoms with Crippen molar-refractivity contribution < 1.29 is 4.39 Å². The van der Waals surface area contributed by atoms with E-state index in [0.717, 1.165) is 5.56 Å². The van der Waals surface area contributed by atoms with Crippen molar-refractivity contribution in [2.45, 2.75) is 39.2 Å². The van der Waals surface area contributed by atoms with Crippen molar-refractivity contribution in [3.05, 3.63) is 69.9 Å². The summed E-state index contributed by atoms with van der Waals surface area (Å²) in [6.45, 7) is 4.80. The zero-order chi connectivity index (χ0) is 14.5. The highest BCUT2D eigenvalue weighted by Gasteiger charge is 2.05. The minimum absolute atomic E-state index is 0.185. The van der Waals surface area contributed by atoms with E-state index in [1.165, 1.54) is 41.3 Å². The summed E-state index contributed by atoms with van der Waals surface area (Å²) >= 11 is 0. The molecule has 0 amide bonds. The molecule has 0 aliphatic carbocycles. The molecule has 0 saturated heterocycles. The fourth-order valence-corrected chi connectivity index (χ4v) is 2.37. The quantitative estimate of drug-likeness (QED) is 0.808. The Kier molecular flexibility index (Phi) is 4.72. The fourth-order valence-electron chi connectivity index (χ4n) is 2.37. The Balaban J connectivity index is 2.14. The molecule has 0 aliphatic heterocycles. The molecule has 1 heterocycles. The minimum atomic E-state index is -0.391. The van der Waals surface area contributed by atoms with E-state index in [4.69, 9.17) is 0 Å². The van der Waals surface area contributed by atoms with Gasteiger partial charge in [-0.2, -0.15) is 0 Å². The Morgan fingerprint density at radius 3 is 2.50 bits per heavy atom. The molecule has 0 spiro atoms. The highest BCUT2D eigenvalue weighted by Crippen LogP contribution is 2.20. The predicted molar refractivity (Wildman–Crippen MR) is 79.5 cm³/mol. The van der Waals surface area contributed by atoms with Crippen LogP contribution < -0.4 is 5.56 Å². The second-order valence-electron chi connectivity index (χ2n) is 5.24. The zero-order valence-electron chi connectivity index (χ0n) is 12.0. The predicted octanol–water partition coefficient (Wildman–Crippen LogP) is 3.94. The van der Waals surface area contributed by atoms with E-state index in [1.807, 2.05) is 12.1 Å². The standard InChI is InChI=1S/C17H20FNO/c1-3-4-13(2)15-7-5-14(6-8-15)11-19-12-16(18)9-10-17(19)20/h5-10,12-13H,3-4,11H2,1-2H3. The monoisotopic (exact) mass is 273 g/mol. The number of hydrogen-bond donors (Lipinski definition) is 0. The molecule has 0 aliphatic rings. The summed E-state index contributed by atoms with van der Waals surface area (Å²) in [7, 11) is 0. The summed E-state index contributed by atoms with van der Waals surface area (Å²) in [6.07, 6.45) is 3.58. The van der Waals surface area contributed by atoms with Crippen molar-refractivity contribution >= 4 is 0 Å². The van der Waals surface area contributed by atoms with Gasteiger partial charge in [0.2, 0.25) is 0 Å². The topological polar surface area (TPSA) is 22.0 Å². The van der Waals surface area contributed by atoms with Crippen molar-refractivity contribution in [1.29, 1.82) is 0 Å². The Bertz CT molecular complexity index is 616. The molecule has 2 nitrogen and oxygen atoms in total. The third-order valence-electron chi connectivity index (χ3n) is 3.57. The summed E-state index contributed by atoms with van der Waals surface area (Å²) in [6, 6.07) is 10.7. The van der Waals surface area contributed by atoms with E-state index in [0.29, 0.717) is 12.5 Å². The summed E-state index contributed by atoms with van der Waals surface area (Å²) in [5.41, 5.74) is 2.13. The molecule has 106 valence electrons. The van der Waals surface area contributed by atoms with Gasteiger partial charge in [-0.1, -0.05) is 44.5 Å². The van der Waals surface area contributed by atoms with Crippen LogP contribution in [-0.2, 0) is 6.54 Å². The number of pyridine rings is 1. The average Bonchev–Trinajstić information content (AvgIpc) is 2.44. The summed E-state index contributed by atoms with van der Waals surface area (Å²) < 4.78 is 14.5. The van der Waals surface area contributed by atoms with Gasteiger partial charge in [-0.3, -0.25) is 4.79 Å². The van der Waals surface area contributed by atoms with E-state index >= 15 is 0 Å². The Hall–Kier alpha value is -1.90. The maximum absolute atomic E-state index is 13.1. The van der Waals surface area contributed by atoms with Crippen LogP contribution in [0.15, 0.2) is 47.4 Å². The van der Waals surface area contributed by atoms with Crippen molar-refractivity contribution in [3.63, 3.8) is 0 Å². The van der Waals surface area contributed by atoms with Gasteiger partial charge in [0.05, 0.1) is 6.54 Å². The normalized spacial score (nSPS) is 12.3. The van der Waals surface area contributed by atoms with Gasteiger partial charge in [-0.15, -0.1) is 0 Å². The van der Waals surface area contributed by atoms with Crippen molar-refractivity contribution in [3.8, 4) is 0 Å². The van der Waals surface area contributed by atoms with Gasteiger partial charge in [-0.05, 0) is 29.5 Å². The molecule has 3 heteroatoms. The Morgan fingerprint density at radius 1 is 1.15 bits per heavy atom. The first kappa shape index (κ1) is 14.5. The Morgan fingerprint density at radius 2 is 1.85 bits per heavy atom. The molecule has 0 saturated carbocycles. The van der Waals surface area contributed by atoms with E-state index < -0.39 is 5.82 Å². The largest absolute Gasteiger partial charge is 0.308 e. The van der Waals surface area contributed by atoms with Crippen molar-refractivity contribution in [2.75, 3.05) is 0 Å². The molecule has 2 aromatic rings. The molecule has 1 atom stereocenters. The molecule has 0 fully saturated rings. The van der Waals surface area contributed by atoms with Crippen molar-refractivity contribution in [2.24, 2.45) is 0 Å². The molecule has 2 rings (SSSR count). The van der Waals surface area contributed by atoms with Crippen LogP contribution in [-0.4, -0.2) is 4.57 Å². The van der Waals surface area contributed by atoms with Crippen LogP contribution in [0.5, 0.6) is 0 Å². The highest BCUT2D eigenvalue weighted by molar-refractivity contribution is 5.25. The molecular weight excluding hydrogens is 253 g/mol. The third-order valence-corrected chi connectivity index (χ3v) is 3.57. The number of rotatable bonds is 5. The molecule has 0 bridgehead atoms. The fraction of sp³-hybridized carbons (Fsp3) is 0.353. The number of halogens is 1. The van der Waals surface area contributed by atoms with E-state index in [2.05, 4.69) is 26.0 Å². The van der Waals surface area contributed by atoms with Crippen LogP contribution in [0.3, 0.4) is 0 Å². The van der Waals surface area contributed by atoms with Crippen LogP contribution >= 0.6 is 0 Å². The van der Waals surface area contributed by atoms with Gasteiger partial charge in [0.15, 0.2) is 0 Å². The van der Waals surface area contributed by atoms with Crippen molar-refractivity contribution in [1.82, 2.24) is 4.57 Å². The first-order chi connectivity index (χ1) is 9.60. The first-order valence-electron chi connectivity index (χ1n) is 7.05. The van der Waals surface area contributed by atoms with Gasteiger partial charge in [0.25, 0.3) is 5.56 Å². The van der Waals surface area contributed by atoms with E-state index in [1.54, 1.807) is 0 Å². The zero-order valence-corrected chi connectivity index (χ0v) is 12.0. The minimum Gasteiger partial charge on any atom is -0.308 e. The lowest BCUT2D eigenvalue weighted by atomic mass is 9.96. The molecule has 1 unspecified atom stereocenters. The number of benzene rings is 1. The van der Waals surface area contributed by atoms with Gasteiger partial charge in [0, 0.05) is 12.3 Å². The van der Waals surface area contributed by atoms with Crippen LogP contribution in [0.4, 0.5) is 4.39 Å². The summed E-state index contributed by atoms with van der Waals surface area (Å²) in [4.78, 5) is 11.6. The molecule has 1 aromatic heterocycles. The second-order valence-corrected chi connectivity index (χ2v) is 5.24. The SMILES string of the molecule is CCCC(C)c1ccc(Cn2cc(F)ccc2=O)cc1. The lowest BCUT2D eigenvalue weighted by molar-refractivity contribution is 0.595. The second kappa shape index (κ2) is 6.51. The van der Waals surface area contributed by atoms with Gasteiger partial charge in [-0.25, -0.2) is 4.39 Å². The van der Waals surface area contributed by atoms with Crippen LogP contribution in [0.2, 0.25) is 0 Å². The first-order valence-corrected chi connectivity index (χ1v) is 7.05. The highest BCUT2D eigenvalue weighted by atomic mass is 19.1. The van der Waals surface area contributed by atoms with Gasteiger partial charge in [0.1, 0.15) is 5.82 Å². The maximum atomic E-state index is 13.1. The average molecular weight is 273 g/mol. The molecule has 0 N–H and O–H groups in total. The molecule has 20 heavy (non-hydrogen) atoms. The number of hydrogen-bond acceptors (Lipinski definition) is 1. The summed E-state index contributed by atoms with van der Waals surface area (Å²) in [5, 5.41) is 0. The Labute approximate surface area is 118 Å². The lowest BCUT2D eigenvalue weighted by Gasteiger charge is -2.12. The number of nitrogens with zero attached hydrogens (tertiary/aromatic N) is 1. The maximum Gasteiger partial charge on any atom is 0.251 e. The lowest BCUT2D eigenvalue weighted by Crippen LogP contribution is -2.19. The van der Waals surface area contributed by atoms with E-state index in [-0.39, 0.29) is 5.56 Å². The van der Waals surface area contributed by atoms with Gasteiger partial charge < -0.3 is 4.57 Å². The smallest absolute Gasteiger partial charge is 0.251 e. The summed E-state index contributed by atoms with van der Waals surface area (Å²) in [5.74, 6) is 0.156. The van der Waals surface area contributed by atoms with Gasteiger partial charge >= 0.3 is 0 Å².